The van der Waals surface area contributed by atoms with Gasteiger partial charge in [-0.25, -0.2) is 0 Å². The first-order chi connectivity index (χ1) is 12.7. The van der Waals surface area contributed by atoms with E-state index in [1.165, 1.54) is 25.5 Å². The van der Waals surface area contributed by atoms with Gasteiger partial charge in [-0.15, -0.1) is 0 Å². The lowest BCUT2D eigenvalue weighted by atomic mass is 9.51. The zero-order valence-corrected chi connectivity index (χ0v) is 16.9. The molecule has 6 heteroatoms. The van der Waals surface area contributed by atoms with Crippen molar-refractivity contribution in [3.05, 3.63) is 17.4 Å². The summed E-state index contributed by atoms with van der Waals surface area (Å²) >= 11 is 0. The second kappa shape index (κ2) is 6.18. The van der Waals surface area contributed by atoms with E-state index in [0.717, 1.165) is 30.4 Å². The highest BCUT2D eigenvalue weighted by atomic mass is 16.5. The van der Waals surface area contributed by atoms with Crippen molar-refractivity contribution in [1.29, 1.82) is 0 Å². The maximum Gasteiger partial charge on any atom is 0.496 e. The molecule has 0 radical (unpaired) electrons. The Hall–Kier alpha value is -1.66. The van der Waals surface area contributed by atoms with E-state index in [9.17, 15) is 10.0 Å². The van der Waals surface area contributed by atoms with Gasteiger partial charge in [0.1, 0.15) is 11.3 Å². The maximum atomic E-state index is 10.1. The third kappa shape index (κ3) is 2.53. The standard InChI is InChI=1S/C21H29BO5/c1-20(2)9-6-10-21(3)15(20)8-7-13-16(21)12-11-14(25-4)19(26-5)17(22(23)24)18(12)27-13/h11,15,23-24H,6-10H2,1-5H3/t15?,21-/m0/s1. The number of fused-ring (bicyclic) bond motifs is 5. The van der Waals surface area contributed by atoms with E-state index in [0.29, 0.717) is 23.0 Å². The second-order valence-corrected chi connectivity index (χ2v) is 9.03. The molecule has 1 saturated carbocycles. The van der Waals surface area contributed by atoms with Gasteiger partial charge in [-0.2, -0.15) is 0 Å². The highest BCUT2D eigenvalue weighted by molar-refractivity contribution is 6.63. The summed E-state index contributed by atoms with van der Waals surface area (Å²) < 4.78 is 17.2. The zero-order valence-electron chi connectivity index (χ0n) is 16.9. The van der Waals surface area contributed by atoms with Crippen LogP contribution in [0.25, 0.3) is 11.0 Å². The molecule has 2 aliphatic carbocycles. The maximum absolute atomic E-state index is 10.1. The first-order valence-corrected chi connectivity index (χ1v) is 9.81. The minimum atomic E-state index is -1.70. The first kappa shape index (κ1) is 18.7. The van der Waals surface area contributed by atoms with Crippen molar-refractivity contribution in [3.63, 3.8) is 0 Å². The van der Waals surface area contributed by atoms with Crippen LogP contribution in [0.4, 0.5) is 0 Å². The second-order valence-electron chi connectivity index (χ2n) is 9.03. The molecule has 1 heterocycles. The zero-order chi connectivity index (χ0) is 19.6. The van der Waals surface area contributed by atoms with Crippen LogP contribution in [0.3, 0.4) is 0 Å². The molecule has 1 fully saturated rings. The van der Waals surface area contributed by atoms with E-state index in [1.54, 1.807) is 7.11 Å². The van der Waals surface area contributed by atoms with Crippen LogP contribution in [-0.2, 0) is 11.8 Å². The van der Waals surface area contributed by atoms with E-state index in [2.05, 4.69) is 20.8 Å². The number of hydrogen-bond acceptors (Lipinski definition) is 5. The van der Waals surface area contributed by atoms with Crippen molar-refractivity contribution in [2.24, 2.45) is 11.3 Å². The highest BCUT2D eigenvalue weighted by Gasteiger charge is 2.52. The SMILES string of the molecule is COc1cc2c3c(oc2c(B(O)O)c1OC)CCC1C(C)(C)CCC[C@]31C. The summed E-state index contributed by atoms with van der Waals surface area (Å²) in [5.41, 5.74) is 2.28. The molecule has 0 amide bonds. The van der Waals surface area contributed by atoms with Crippen molar-refractivity contribution in [2.75, 3.05) is 14.2 Å². The molecule has 0 spiro atoms. The third-order valence-electron chi connectivity index (χ3n) is 7.15. The Bertz CT molecular complexity index is 885. The number of furan rings is 1. The van der Waals surface area contributed by atoms with Crippen molar-refractivity contribution in [2.45, 2.75) is 58.3 Å². The summed E-state index contributed by atoms with van der Waals surface area (Å²) in [5, 5.41) is 21.0. The lowest BCUT2D eigenvalue weighted by Crippen LogP contribution is -2.47. The number of rotatable bonds is 3. The third-order valence-corrected chi connectivity index (χ3v) is 7.15. The fourth-order valence-corrected chi connectivity index (χ4v) is 6.07. The van der Waals surface area contributed by atoms with Gasteiger partial charge in [0.25, 0.3) is 0 Å². The van der Waals surface area contributed by atoms with Crippen molar-refractivity contribution in [1.82, 2.24) is 0 Å². The van der Waals surface area contributed by atoms with E-state index in [1.807, 2.05) is 6.07 Å². The summed E-state index contributed by atoms with van der Waals surface area (Å²) in [6.45, 7) is 7.13. The number of aryl methyl sites for hydroxylation is 1. The van der Waals surface area contributed by atoms with Crippen molar-refractivity contribution < 1.29 is 23.9 Å². The topological polar surface area (TPSA) is 72.1 Å². The predicted molar refractivity (Wildman–Crippen MR) is 106 cm³/mol. The monoisotopic (exact) mass is 372 g/mol. The Morgan fingerprint density at radius 3 is 2.52 bits per heavy atom. The predicted octanol–water partition coefficient (Wildman–Crippen LogP) is 3.16. The van der Waals surface area contributed by atoms with Gasteiger partial charge in [0.15, 0.2) is 11.5 Å². The summed E-state index contributed by atoms with van der Waals surface area (Å²) in [7, 11) is 1.37. The molecular formula is C21H29BO5. The van der Waals surface area contributed by atoms with E-state index in [-0.39, 0.29) is 16.3 Å². The number of hydrogen-bond donors (Lipinski definition) is 2. The molecule has 1 aromatic carbocycles. The van der Waals surface area contributed by atoms with E-state index >= 15 is 0 Å². The van der Waals surface area contributed by atoms with E-state index < -0.39 is 7.12 Å². The van der Waals surface area contributed by atoms with Gasteiger partial charge in [-0.3, -0.25) is 0 Å². The minimum Gasteiger partial charge on any atom is -0.493 e. The molecule has 5 nitrogen and oxygen atoms in total. The summed E-state index contributed by atoms with van der Waals surface area (Å²) in [6, 6.07) is 1.94. The molecule has 2 aromatic rings. The molecule has 1 unspecified atom stereocenters. The Kier molecular flexibility index (Phi) is 4.28. The summed E-state index contributed by atoms with van der Waals surface area (Å²) in [5.74, 6) is 2.36. The van der Waals surface area contributed by atoms with E-state index in [4.69, 9.17) is 13.9 Å². The van der Waals surface area contributed by atoms with Gasteiger partial charge in [0.05, 0.1) is 19.7 Å². The molecule has 0 saturated heterocycles. The van der Waals surface area contributed by atoms with Crippen LogP contribution < -0.4 is 14.9 Å². The molecule has 1 aromatic heterocycles. The lowest BCUT2D eigenvalue weighted by Gasteiger charge is -2.53. The quantitative estimate of drug-likeness (QED) is 0.810. The van der Waals surface area contributed by atoms with Gasteiger partial charge >= 0.3 is 7.12 Å². The molecule has 0 aliphatic heterocycles. The fourth-order valence-electron chi connectivity index (χ4n) is 6.07. The minimum absolute atomic E-state index is 0.0118. The van der Waals surface area contributed by atoms with Crippen LogP contribution >= 0.6 is 0 Å². The number of benzene rings is 1. The molecule has 146 valence electrons. The van der Waals surface area contributed by atoms with Crippen molar-refractivity contribution >= 4 is 23.6 Å². The lowest BCUT2D eigenvalue weighted by molar-refractivity contribution is 0.0387. The van der Waals surface area contributed by atoms with Gasteiger partial charge < -0.3 is 23.9 Å². The molecule has 0 bridgehead atoms. The smallest absolute Gasteiger partial charge is 0.493 e. The van der Waals surface area contributed by atoms with Crippen LogP contribution in [-0.4, -0.2) is 31.4 Å². The summed E-state index contributed by atoms with van der Waals surface area (Å²) in [4.78, 5) is 0. The van der Waals surface area contributed by atoms with Crippen molar-refractivity contribution in [3.8, 4) is 11.5 Å². The molecular weight excluding hydrogens is 343 g/mol. The molecule has 2 aliphatic rings. The Balaban J connectivity index is 2.04. The average Bonchev–Trinajstić information content (AvgIpc) is 2.98. The fraction of sp³-hybridized carbons (Fsp3) is 0.619. The van der Waals surface area contributed by atoms with Crippen LogP contribution in [0.5, 0.6) is 11.5 Å². The van der Waals surface area contributed by atoms with Gasteiger partial charge in [-0.1, -0.05) is 27.2 Å². The van der Waals surface area contributed by atoms with Crippen LogP contribution in [0.1, 0.15) is 57.8 Å². The summed E-state index contributed by atoms with van der Waals surface area (Å²) in [6.07, 6.45) is 5.53. The number of methoxy groups -OCH3 is 2. The highest BCUT2D eigenvalue weighted by Crippen LogP contribution is 2.59. The molecule has 2 atom stereocenters. The van der Waals surface area contributed by atoms with Crippen LogP contribution in [0, 0.1) is 11.3 Å². The van der Waals surface area contributed by atoms with Gasteiger partial charge in [0.2, 0.25) is 0 Å². The molecule has 27 heavy (non-hydrogen) atoms. The Morgan fingerprint density at radius 1 is 1.15 bits per heavy atom. The first-order valence-electron chi connectivity index (χ1n) is 9.81. The van der Waals surface area contributed by atoms with Gasteiger partial charge in [0, 0.05) is 17.4 Å². The molecule has 4 rings (SSSR count). The largest absolute Gasteiger partial charge is 0.496 e. The van der Waals surface area contributed by atoms with Crippen LogP contribution in [0.15, 0.2) is 10.5 Å². The van der Waals surface area contributed by atoms with Crippen LogP contribution in [0.2, 0.25) is 0 Å². The normalized spacial score (nSPS) is 26.4. The molecule has 2 N–H and O–H groups in total. The Morgan fingerprint density at radius 2 is 1.89 bits per heavy atom. The Labute approximate surface area is 160 Å². The number of ether oxygens (including phenoxy) is 2. The van der Waals surface area contributed by atoms with Gasteiger partial charge in [-0.05, 0) is 42.1 Å². The average molecular weight is 372 g/mol.